The third-order valence-electron chi connectivity index (χ3n) is 2.76. The molecule has 0 saturated carbocycles. The maximum absolute atomic E-state index is 10.8. The number of benzene rings is 1. The number of nitrogens with one attached hydrogen (secondary N) is 1. The number of anilines is 1. The van der Waals surface area contributed by atoms with Crippen molar-refractivity contribution in [2.45, 2.75) is 33.6 Å². The zero-order chi connectivity index (χ0) is 13.7. The summed E-state index contributed by atoms with van der Waals surface area (Å²) in [7, 11) is 0. The van der Waals surface area contributed by atoms with Crippen LogP contribution in [0.1, 0.15) is 32.3 Å². The van der Waals surface area contributed by atoms with E-state index in [1.54, 1.807) is 13.0 Å². The van der Waals surface area contributed by atoms with Gasteiger partial charge in [-0.25, -0.2) is 0 Å². The number of hydrogen-bond acceptors (Lipinski definition) is 3. The maximum atomic E-state index is 10.8. The molecule has 0 atom stereocenters. The predicted molar refractivity (Wildman–Crippen MR) is 78.1 cm³/mol. The van der Waals surface area contributed by atoms with Crippen LogP contribution >= 0.6 is 15.9 Å². The van der Waals surface area contributed by atoms with Gasteiger partial charge in [0.1, 0.15) is 0 Å². The molecular weight excluding hydrogens is 296 g/mol. The lowest BCUT2D eigenvalue weighted by Gasteiger charge is -2.10. The first-order valence-corrected chi connectivity index (χ1v) is 6.89. The summed E-state index contributed by atoms with van der Waals surface area (Å²) in [6.07, 6.45) is 2.27. The Balaban J connectivity index is 2.67. The molecule has 0 fully saturated rings. The van der Waals surface area contributed by atoms with E-state index in [-0.39, 0.29) is 10.6 Å². The highest BCUT2D eigenvalue weighted by Gasteiger charge is 2.13. The summed E-state index contributed by atoms with van der Waals surface area (Å²) in [4.78, 5) is 10.4. The zero-order valence-electron chi connectivity index (χ0n) is 11.0. The van der Waals surface area contributed by atoms with Gasteiger partial charge in [0.15, 0.2) is 0 Å². The van der Waals surface area contributed by atoms with Crippen molar-refractivity contribution < 1.29 is 4.92 Å². The molecule has 0 amide bonds. The number of halogens is 1. The average Bonchev–Trinajstić information content (AvgIpc) is 2.27. The fourth-order valence-electron chi connectivity index (χ4n) is 1.74. The Morgan fingerprint density at radius 2 is 2.11 bits per heavy atom. The van der Waals surface area contributed by atoms with Crippen LogP contribution in [0.15, 0.2) is 16.6 Å². The van der Waals surface area contributed by atoms with Gasteiger partial charge in [0, 0.05) is 28.3 Å². The number of nitro benzene ring substituents is 1. The summed E-state index contributed by atoms with van der Waals surface area (Å²) in [5.74, 6) is 0.703. The minimum Gasteiger partial charge on any atom is -0.384 e. The minimum absolute atomic E-state index is 0.148. The van der Waals surface area contributed by atoms with Gasteiger partial charge in [-0.1, -0.05) is 13.8 Å². The molecule has 100 valence electrons. The SMILES string of the molecule is Cc1cc(NCCCC(C)C)c(Br)cc1[N+](=O)[O-]. The lowest BCUT2D eigenvalue weighted by atomic mass is 10.1. The number of nitro groups is 1. The third-order valence-corrected chi connectivity index (χ3v) is 3.41. The van der Waals surface area contributed by atoms with Crippen LogP contribution < -0.4 is 5.32 Å². The standard InChI is InChI=1S/C13H19BrN2O2/c1-9(2)5-4-6-15-12-7-10(3)13(16(17)18)8-11(12)14/h7-9,15H,4-6H2,1-3H3. The van der Waals surface area contributed by atoms with Crippen LogP contribution in [-0.2, 0) is 0 Å². The van der Waals surface area contributed by atoms with Gasteiger partial charge < -0.3 is 5.32 Å². The molecule has 0 saturated heterocycles. The first kappa shape index (κ1) is 15.0. The van der Waals surface area contributed by atoms with E-state index in [2.05, 4.69) is 35.1 Å². The minimum atomic E-state index is -0.358. The number of rotatable bonds is 6. The van der Waals surface area contributed by atoms with Gasteiger partial charge in [-0.2, -0.15) is 0 Å². The molecule has 0 aliphatic heterocycles. The first-order chi connectivity index (χ1) is 8.41. The highest BCUT2D eigenvalue weighted by atomic mass is 79.9. The Morgan fingerprint density at radius 1 is 1.44 bits per heavy atom. The van der Waals surface area contributed by atoms with Gasteiger partial charge in [-0.3, -0.25) is 10.1 Å². The van der Waals surface area contributed by atoms with Gasteiger partial charge in [0.25, 0.3) is 5.69 Å². The van der Waals surface area contributed by atoms with E-state index in [9.17, 15) is 10.1 Å². The first-order valence-electron chi connectivity index (χ1n) is 6.10. The molecule has 4 nitrogen and oxygen atoms in total. The van der Waals surface area contributed by atoms with Crippen molar-refractivity contribution in [1.29, 1.82) is 0 Å². The molecule has 18 heavy (non-hydrogen) atoms. The van der Waals surface area contributed by atoms with Gasteiger partial charge in [0.2, 0.25) is 0 Å². The largest absolute Gasteiger partial charge is 0.384 e. The maximum Gasteiger partial charge on any atom is 0.273 e. The molecule has 0 aliphatic rings. The van der Waals surface area contributed by atoms with Crippen molar-refractivity contribution in [3.8, 4) is 0 Å². The van der Waals surface area contributed by atoms with Crippen LogP contribution in [0.5, 0.6) is 0 Å². The Labute approximate surface area is 116 Å². The molecule has 0 aliphatic carbocycles. The van der Waals surface area contributed by atoms with Crippen LogP contribution in [0.4, 0.5) is 11.4 Å². The highest BCUT2D eigenvalue weighted by Crippen LogP contribution is 2.30. The van der Waals surface area contributed by atoms with Crippen molar-refractivity contribution in [3.05, 3.63) is 32.3 Å². The van der Waals surface area contributed by atoms with E-state index >= 15 is 0 Å². The fraction of sp³-hybridized carbons (Fsp3) is 0.538. The molecule has 0 heterocycles. The lowest BCUT2D eigenvalue weighted by molar-refractivity contribution is -0.385. The van der Waals surface area contributed by atoms with Gasteiger partial charge in [-0.15, -0.1) is 0 Å². The Morgan fingerprint density at radius 3 is 2.67 bits per heavy atom. The molecule has 1 aromatic rings. The molecule has 0 aromatic heterocycles. The molecule has 1 rings (SSSR count). The van der Waals surface area contributed by atoms with Crippen molar-refractivity contribution in [2.75, 3.05) is 11.9 Å². The molecule has 0 bridgehead atoms. The smallest absolute Gasteiger partial charge is 0.273 e. The quantitative estimate of drug-likeness (QED) is 0.477. The van der Waals surface area contributed by atoms with Gasteiger partial charge in [-0.05, 0) is 47.7 Å². The lowest BCUT2D eigenvalue weighted by Crippen LogP contribution is -2.04. The van der Waals surface area contributed by atoms with E-state index < -0.39 is 0 Å². The van der Waals surface area contributed by atoms with E-state index in [0.717, 1.165) is 23.1 Å². The molecule has 0 spiro atoms. The number of hydrogen-bond donors (Lipinski definition) is 1. The zero-order valence-corrected chi connectivity index (χ0v) is 12.6. The fourth-order valence-corrected chi connectivity index (χ4v) is 2.21. The second-order valence-electron chi connectivity index (χ2n) is 4.84. The van der Waals surface area contributed by atoms with Crippen molar-refractivity contribution in [3.63, 3.8) is 0 Å². The van der Waals surface area contributed by atoms with Crippen LogP contribution in [0.3, 0.4) is 0 Å². The summed E-state index contributed by atoms with van der Waals surface area (Å²) in [5.41, 5.74) is 1.74. The molecule has 1 N–H and O–H groups in total. The Bertz CT molecular complexity index is 433. The van der Waals surface area contributed by atoms with Gasteiger partial charge in [0.05, 0.1) is 4.92 Å². The summed E-state index contributed by atoms with van der Waals surface area (Å²) in [6, 6.07) is 3.37. The van der Waals surface area contributed by atoms with E-state index in [1.165, 1.54) is 6.42 Å². The summed E-state index contributed by atoms with van der Waals surface area (Å²) in [6.45, 7) is 7.04. The Hall–Kier alpha value is -1.10. The molecule has 5 heteroatoms. The molecule has 0 unspecified atom stereocenters. The second kappa shape index (κ2) is 6.73. The van der Waals surface area contributed by atoms with E-state index in [0.29, 0.717) is 11.5 Å². The highest BCUT2D eigenvalue weighted by molar-refractivity contribution is 9.10. The monoisotopic (exact) mass is 314 g/mol. The second-order valence-corrected chi connectivity index (χ2v) is 5.69. The van der Waals surface area contributed by atoms with Crippen LogP contribution in [0.2, 0.25) is 0 Å². The number of aryl methyl sites for hydroxylation is 1. The topological polar surface area (TPSA) is 55.2 Å². The number of nitrogens with zero attached hydrogens (tertiary/aromatic N) is 1. The summed E-state index contributed by atoms with van der Waals surface area (Å²) >= 11 is 3.36. The Kier molecular flexibility index (Phi) is 5.59. The average molecular weight is 315 g/mol. The van der Waals surface area contributed by atoms with Crippen LogP contribution in [0.25, 0.3) is 0 Å². The molecular formula is C13H19BrN2O2. The molecule has 1 aromatic carbocycles. The third kappa shape index (κ3) is 4.29. The summed E-state index contributed by atoms with van der Waals surface area (Å²) in [5, 5.41) is 14.1. The van der Waals surface area contributed by atoms with Crippen LogP contribution in [-0.4, -0.2) is 11.5 Å². The van der Waals surface area contributed by atoms with Crippen molar-refractivity contribution in [1.82, 2.24) is 0 Å². The summed E-state index contributed by atoms with van der Waals surface area (Å²) < 4.78 is 0.740. The van der Waals surface area contributed by atoms with Crippen molar-refractivity contribution in [2.24, 2.45) is 5.92 Å². The van der Waals surface area contributed by atoms with Crippen molar-refractivity contribution >= 4 is 27.3 Å². The predicted octanol–water partition coefficient (Wildman–Crippen LogP) is 4.51. The van der Waals surface area contributed by atoms with Crippen LogP contribution in [0, 0.1) is 23.0 Å². The van der Waals surface area contributed by atoms with E-state index in [4.69, 9.17) is 0 Å². The molecule has 0 radical (unpaired) electrons. The van der Waals surface area contributed by atoms with E-state index in [1.807, 2.05) is 6.07 Å². The van der Waals surface area contributed by atoms with Gasteiger partial charge >= 0.3 is 0 Å². The normalized spacial score (nSPS) is 10.7.